The van der Waals surface area contributed by atoms with Crippen LogP contribution in [-0.4, -0.2) is 104 Å². The first-order chi connectivity index (χ1) is 22.0. The fourth-order valence-electron chi connectivity index (χ4n) is 9.02. The maximum Gasteiger partial charge on any atom is 0.281 e. The number of benzene rings is 2. The summed E-state index contributed by atoms with van der Waals surface area (Å²) in [6, 6.07) is 13.7. The summed E-state index contributed by atoms with van der Waals surface area (Å²) in [5.74, 6) is -5.30. The number of hydrogen-bond acceptors (Lipinski definition) is 7. The van der Waals surface area contributed by atoms with E-state index in [1.807, 2.05) is 61.8 Å². The van der Waals surface area contributed by atoms with E-state index in [9.17, 15) is 24.6 Å². The molecule has 0 bridgehead atoms. The van der Waals surface area contributed by atoms with Gasteiger partial charge in [-0.1, -0.05) is 56.3 Å². The molecule has 3 aromatic rings. The van der Waals surface area contributed by atoms with Gasteiger partial charge in [0.15, 0.2) is 0 Å². The molecule has 4 fully saturated rings. The Hall–Kier alpha value is -3.77. The summed E-state index contributed by atoms with van der Waals surface area (Å²) < 4.78 is 6.46. The van der Waals surface area contributed by atoms with Crippen LogP contribution < -0.4 is 5.32 Å². The van der Waals surface area contributed by atoms with Crippen molar-refractivity contribution in [3.8, 4) is 0 Å². The second kappa shape index (κ2) is 10.4. The lowest BCUT2D eigenvalue weighted by Crippen LogP contribution is -2.71. The summed E-state index contributed by atoms with van der Waals surface area (Å²) in [5, 5.41) is 28.2. The summed E-state index contributed by atoms with van der Waals surface area (Å²) in [5.41, 5.74) is 2.11. The summed E-state index contributed by atoms with van der Waals surface area (Å²) in [7, 11) is 1.97. The Morgan fingerprint density at radius 1 is 1.15 bits per heavy atom. The third-order valence-corrected chi connectivity index (χ3v) is 11.3. The molecule has 5 heterocycles. The highest BCUT2D eigenvalue weighted by molar-refractivity contribution is 5.98. The number of nitrogens with one attached hydrogen (secondary N) is 2. The Morgan fingerprint density at radius 3 is 2.70 bits per heavy atom. The summed E-state index contributed by atoms with van der Waals surface area (Å²) >= 11 is 0. The van der Waals surface area contributed by atoms with E-state index in [0.717, 1.165) is 28.5 Å². The maximum absolute atomic E-state index is 14.6. The van der Waals surface area contributed by atoms with Gasteiger partial charge in [-0.05, 0) is 49.1 Å². The molecule has 3 amide bonds. The molecule has 4 N–H and O–H groups in total. The van der Waals surface area contributed by atoms with Gasteiger partial charge in [-0.25, -0.2) is 0 Å². The zero-order valence-corrected chi connectivity index (χ0v) is 26.3. The molecule has 4 aliphatic heterocycles. The van der Waals surface area contributed by atoms with E-state index in [-0.39, 0.29) is 30.8 Å². The molecule has 2 unspecified atom stereocenters. The predicted molar refractivity (Wildman–Crippen MR) is 168 cm³/mol. The Bertz CT molecular complexity index is 1730. The van der Waals surface area contributed by atoms with E-state index in [4.69, 9.17) is 4.74 Å². The highest BCUT2D eigenvalue weighted by atomic mass is 16.7. The van der Waals surface area contributed by atoms with Gasteiger partial charge in [-0.15, -0.1) is 0 Å². The van der Waals surface area contributed by atoms with Crippen LogP contribution in [0.15, 0.2) is 54.7 Å². The zero-order valence-electron chi connectivity index (χ0n) is 26.3. The van der Waals surface area contributed by atoms with Crippen LogP contribution >= 0.6 is 0 Å². The van der Waals surface area contributed by atoms with Gasteiger partial charge in [0.05, 0.1) is 12.0 Å². The number of ether oxygens (including phenoxy) is 1. The Balaban J connectivity index is 1.14. The molecule has 0 spiro atoms. The van der Waals surface area contributed by atoms with Crippen molar-refractivity contribution in [2.45, 2.75) is 81.3 Å². The number of nitrogens with zero attached hydrogens (tertiary/aromatic N) is 3. The smallest absolute Gasteiger partial charge is 0.281 e. The van der Waals surface area contributed by atoms with Crippen molar-refractivity contribution in [1.29, 1.82) is 0 Å². The van der Waals surface area contributed by atoms with Crippen LogP contribution in [0.1, 0.15) is 49.3 Å². The number of piperazine rings is 1. The molecule has 8 atom stereocenters. The number of aromatic amines is 1. The van der Waals surface area contributed by atoms with Crippen molar-refractivity contribution in [3.05, 3.63) is 71.4 Å². The van der Waals surface area contributed by atoms with Crippen LogP contribution in [-0.2, 0) is 32.0 Å². The highest BCUT2D eigenvalue weighted by Gasteiger charge is 2.72. The first-order valence-electron chi connectivity index (χ1n) is 16.4. The molecule has 11 nitrogen and oxygen atoms in total. The molecular weight excluding hydrogens is 586 g/mol. The van der Waals surface area contributed by atoms with E-state index in [1.54, 1.807) is 18.7 Å². The molecule has 11 heteroatoms. The average molecular weight is 628 g/mol. The van der Waals surface area contributed by atoms with Crippen molar-refractivity contribution in [1.82, 2.24) is 25.0 Å². The minimum Gasteiger partial charge on any atom is -0.392 e. The van der Waals surface area contributed by atoms with Crippen molar-refractivity contribution in [3.63, 3.8) is 0 Å². The summed E-state index contributed by atoms with van der Waals surface area (Å²) in [6.07, 6.45) is 3.09. The van der Waals surface area contributed by atoms with Crippen LogP contribution in [0.4, 0.5) is 0 Å². The number of likely N-dealkylation sites (N-methyl/N-ethyl adjacent to an activating group) is 1. The lowest BCUT2D eigenvalue weighted by molar-refractivity contribution is -0.321. The molecule has 242 valence electrons. The van der Waals surface area contributed by atoms with Gasteiger partial charge in [-0.2, -0.15) is 0 Å². The third kappa shape index (κ3) is 4.01. The molecule has 4 saturated heterocycles. The second-order valence-corrected chi connectivity index (χ2v) is 14.1. The lowest BCUT2D eigenvalue weighted by atomic mass is 9.70. The van der Waals surface area contributed by atoms with Gasteiger partial charge in [0.2, 0.25) is 17.5 Å². The number of rotatable bonds is 5. The van der Waals surface area contributed by atoms with Crippen molar-refractivity contribution in [2.75, 3.05) is 20.1 Å². The molecule has 46 heavy (non-hydrogen) atoms. The van der Waals surface area contributed by atoms with E-state index in [2.05, 4.69) is 15.2 Å². The van der Waals surface area contributed by atoms with Crippen LogP contribution in [0.25, 0.3) is 10.9 Å². The van der Waals surface area contributed by atoms with Crippen LogP contribution in [0.3, 0.4) is 0 Å². The number of hydrogen-bond donors (Lipinski definition) is 4. The minimum absolute atomic E-state index is 0.00386. The minimum atomic E-state index is -2.12. The van der Waals surface area contributed by atoms with E-state index in [1.165, 1.54) is 10.5 Å². The number of piperidine rings is 1. The van der Waals surface area contributed by atoms with Gasteiger partial charge >= 0.3 is 0 Å². The third-order valence-electron chi connectivity index (χ3n) is 11.3. The number of aliphatic hydroxyl groups is 2. The fourth-order valence-corrected chi connectivity index (χ4v) is 9.02. The van der Waals surface area contributed by atoms with Crippen LogP contribution in [0, 0.1) is 11.8 Å². The molecular formula is C35H41N5O6. The van der Waals surface area contributed by atoms with E-state index in [0.29, 0.717) is 19.4 Å². The predicted octanol–water partition coefficient (Wildman–Crippen LogP) is 1.69. The van der Waals surface area contributed by atoms with Gasteiger partial charge in [-0.3, -0.25) is 24.0 Å². The number of carbonyl (C=O) groups excluding carboxylic acids is 3. The summed E-state index contributed by atoms with van der Waals surface area (Å²) in [4.78, 5) is 51.2. The van der Waals surface area contributed by atoms with Crippen molar-refractivity contribution >= 4 is 28.6 Å². The zero-order chi connectivity index (χ0) is 32.1. The van der Waals surface area contributed by atoms with Crippen LogP contribution in [0.2, 0.25) is 0 Å². The Morgan fingerprint density at radius 2 is 1.93 bits per heavy atom. The first kappa shape index (κ1) is 29.6. The average Bonchev–Trinajstić information content (AvgIpc) is 3.75. The van der Waals surface area contributed by atoms with Crippen molar-refractivity contribution < 1.29 is 29.3 Å². The molecule has 2 aromatic carbocycles. The number of likely N-dealkylation sites (tertiary alicyclic amines) is 1. The summed E-state index contributed by atoms with van der Waals surface area (Å²) in [6.45, 7) is 4.26. The molecule has 1 aromatic heterocycles. The number of fused-ring (bicyclic) bond motifs is 5. The molecule has 0 radical (unpaired) electrons. The number of carbonyl (C=O) groups is 3. The van der Waals surface area contributed by atoms with E-state index < -0.39 is 53.5 Å². The molecule has 1 aliphatic carbocycles. The molecule has 0 saturated carbocycles. The Kier molecular flexibility index (Phi) is 6.68. The first-order valence-corrected chi connectivity index (χ1v) is 16.4. The van der Waals surface area contributed by atoms with Crippen LogP contribution in [0.5, 0.6) is 0 Å². The Labute approximate surface area is 267 Å². The number of H-pyrrole nitrogens is 1. The molecule has 5 aliphatic rings. The standard InChI is InChI=1S/C35H41N5O6/c1-19(2)34(33(44)40-26(15-20-9-5-4-6-10-20)32(43)39-14-8-13-27(39)35(40,45)46-34)37-31(42)23-18-38(3)25-16-21-17-36-24-12-7-11-22(28(21)24)29(25)30(23)41/h4-7,9-12,17,19,23,25-27,29-30,36,41,45H,8,13-16,18H2,1-3H3,(H,37,42)/t23-,25+,26-,27-,29?,30?,34+,35-/m0/s1. The molecule has 8 rings (SSSR count). The second-order valence-electron chi connectivity index (χ2n) is 14.1. The van der Waals surface area contributed by atoms with E-state index >= 15 is 0 Å². The van der Waals surface area contributed by atoms with Gasteiger partial charge in [0.1, 0.15) is 12.1 Å². The fraction of sp³-hybridized carbons (Fsp3) is 0.514. The highest BCUT2D eigenvalue weighted by Crippen LogP contribution is 2.49. The monoisotopic (exact) mass is 627 g/mol. The van der Waals surface area contributed by atoms with Gasteiger partial charge < -0.3 is 30.3 Å². The normalized spacial score (nSPS) is 35.4. The lowest BCUT2D eigenvalue weighted by Gasteiger charge is -2.49. The van der Waals surface area contributed by atoms with Gasteiger partial charge in [0, 0.05) is 54.5 Å². The quantitative estimate of drug-likeness (QED) is 0.338. The van der Waals surface area contributed by atoms with Crippen molar-refractivity contribution in [2.24, 2.45) is 11.8 Å². The number of aliphatic hydroxyl groups excluding tert-OH is 1. The van der Waals surface area contributed by atoms with Gasteiger partial charge in [0.25, 0.3) is 11.8 Å². The SMILES string of the molecule is CC(C)[C@@]1(NC(=O)[C@H]2CN(C)[C@@H]3Cc4c[nH]c5cccc(c45)C3C2O)O[C@@]2(O)[C@@H]3CCCN3C(=O)[C@H](Cc3ccccc3)N2C1=O. The number of amides is 3. The topological polar surface area (TPSA) is 138 Å². The largest absolute Gasteiger partial charge is 0.392 e. The number of aromatic nitrogens is 1. The maximum atomic E-state index is 14.6.